The number of hydrogen-bond donors (Lipinski definition) is 1. The molecule has 0 bridgehead atoms. The van der Waals surface area contributed by atoms with Crippen LogP contribution in [0.2, 0.25) is 5.22 Å². The number of furan rings is 1. The van der Waals surface area contributed by atoms with E-state index in [1.54, 1.807) is 10.7 Å². The van der Waals surface area contributed by atoms with E-state index in [4.69, 9.17) is 21.8 Å². The fourth-order valence-electron chi connectivity index (χ4n) is 2.40. The van der Waals surface area contributed by atoms with Crippen LogP contribution in [-0.2, 0) is 0 Å². The van der Waals surface area contributed by atoms with Crippen molar-refractivity contribution in [1.82, 2.24) is 9.78 Å². The van der Waals surface area contributed by atoms with E-state index in [1.807, 2.05) is 36.4 Å². The van der Waals surface area contributed by atoms with Gasteiger partial charge in [-0.05, 0) is 41.8 Å². The van der Waals surface area contributed by atoms with Gasteiger partial charge in [0.2, 0.25) is 0 Å². The molecule has 2 heterocycles. The predicted molar refractivity (Wildman–Crippen MR) is 84.8 cm³/mol. The Labute approximate surface area is 128 Å². The monoisotopic (exact) mass is 301 g/mol. The number of nitrogens with two attached hydrogens (primary N) is 1. The van der Waals surface area contributed by atoms with Crippen molar-refractivity contribution < 1.29 is 4.42 Å². The molecule has 4 nitrogen and oxygen atoms in total. The number of rotatable bonds is 3. The smallest absolute Gasteiger partial charge is 0.194 e. The van der Waals surface area contributed by atoms with Crippen LogP contribution in [0.4, 0.5) is 5.82 Å². The summed E-state index contributed by atoms with van der Waals surface area (Å²) >= 11 is 5.87. The zero-order valence-corrected chi connectivity index (χ0v) is 12.6. The SMILES string of the molecule is CC(C)c1c(-c2ccc(Cl)o2)nn(-c2ccccc2)c1N. The Morgan fingerprint density at radius 1 is 1.14 bits per heavy atom. The molecule has 0 aliphatic carbocycles. The van der Waals surface area contributed by atoms with Crippen molar-refractivity contribution in [3.63, 3.8) is 0 Å². The van der Waals surface area contributed by atoms with Crippen LogP contribution in [0.15, 0.2) is 46.9 Å². The van der Waals surface area contributed by atoms with Crippen molar-refractivity contribution in [1.29, 1.82) is 0 Å². The van der Waals surface area contributed by atoms with Crippen LogP contribution in [-0.4, -0.2) is 9.78 Å². The lowest BCUT2D eigenvalue weighted by Gasteiger charge is -2.07. The average Bonchev–Trinajstić information content (AvgIpc) is 3.03. The van der Waals surface area contributed by atoms with E-state index >= 15 is 0 Å². The van der Waals surface area contributed by atoms with Gasteiger partial charge in [-0.3, -0.25) is 0 Å². The van der Waals surface area contributed by atoms with Gasteiger partial charge in [-0.2, -0.15) is 5.10 Å². The number of anilines is 1. The summed E-state index contributed by atoms with van der Waals surface area (Å²) in [6.45, 7) is 4.16. The van der Waals surface area contributed by atoms with Gasteiger partial charge < -0.3 is 10.2 Å². The molecule has 0 saturated carbocycles. The van der Waals surface area contributed by atoms with Crippen molar-refractivity contribution in [2.75, 3.05) is 5.73 Å². The summed E-state index contributed by atoms with van der Waals surface area (Å²) in [6.07, 6.45) is 0. The fourth-order valence-corrected chi connectivity index (χ4v) is 2.55. The maximum absolute atomic E-state index is 6.31. The van der Waals surface area contributed by atoms with Crippen molar-refractivity contribution in [3.05, 3.63) is 53.2 Å². The molecule has 108 valence electrons. The third kappa shape index (κ3) is 2.43. The second kappa shape index (κ2) is 5.30. The zero-order chi connectivity index (χ0) is 15.0. The average molecular weight is 302 g/mol. The minimum atomic E-state index is 0.223. The fraction of sp³-hybridized carbons (Fsp3) is 0.188. The molecule has 21 heavy (non-hydrogen) atoms. The van der Waals surface area contributed by atoms with Crippen molar-refractivity contribution in [2.45, 2.75) is 19.8 Å². The lowest BCUT2D eigenvalue weighted by molar-refractivity contribution is 0.580. The van der Waals surface area contributed by atoms with E-state index in [1.165, 1.54) is 0 Å². The van der Waals surface area contributed by atoms with E-state index in [0.717, 1.165) is 16.9 Å². The molecule has 0 amide bonds. The van der Waals surface area contributed by atoms with Crippen molar-refractivity contribution in [2.24, 2.45) is 0 Å². The van der Waals surface area contributed by atoms with Gasteiger partial charge in [0.1, 0.15) is 11.5 Å². The molecule has 0 spiro atoms. The summed E-state index contributed by atoms with van der Waals surface area (Å²) in [5.41, 5.74) is 8.92. The molecule has 0 radical (unpaired) electrons. The Bertz CT molecular complexity index is 759. The molecule has 0 unspecified atom stereocenters. The highest BCUT2D eigenvalue weighted by Gasteiger charge is 2.22. The van der Waals surface area contributed by atoms with Gasteiger partial charge in [-0.25, -0.2) is 4.68 Å². The summed E-state index contributed by atoms with van der Waals surface area (Å²) in [4.78, 5) is 0. The van der Waals surface area contributed by atoms with Crippen LogP contribution in [0.3, 0.4) is 0 Å². The summed E-state index contributed by atoms with van der Waals surface area (Å²) in [6, 6.07) is 13.3. The Kier molecular flexibility index (Phi) is 3.47. The summed E-state index contributed by atoms with van der Waals surface area (Å²) in [5, 5.41) is 4.96. The third-order valence-electron chi connectivity index (χ3n) is 3.34. The van der Waals surface area contributed by atoms with Crippen LogP contribution >= 0.6 is 11.6 Å². The van der Waals surface area contributed by atoms with Crippen molar-refractivity contribution >= 4 is 17.4 Å². The normalized spacial score (nSPS) is 11.2. The van der Waals surface area contributed by atoms with E-state index in [0.29, 0.717) is 16.8 Å². The number of aromatic nitrogens is 2. The predicted octanol–water partition coefficient (Wildman–Crippen LogP) is 4.49. The first-order valence-electron chi connectivity index (χ1n) is 6.77. The molecule has 2 N–H and O–H groups in total. The molecule has 3 aromatic rings. The molecule has 3 rings (SSSR count). The Morgan fingerprint density at radius 3 is 2.43 bits per heavy atom. The first-order chi connectivity index (χ1) is 10.1. The number of halogens is 1. The Hall–Kier alpha value is -2.20. The highest BCUT2D eigenvalue weighted by Crippen LogP contribution is 2.35. The standard InChI is InChI=1S/C16H16ClN3O/c1-10(2)14-15(12-8-9-13(17)21-12)19-20(16(14)18)11-6-4-3-5-7-11/h3-10H,18H2,1-2H3. The first-order valence-corrected chi connectivity index (χ1v) is 7.15. The minimum Gasteiger partial charge on any atom is -0.443 e. The topological polar surface area (TPSA) is 57.0 Å². The lowest BCUT2D eigenvalue weighted by Crippen LogP contribution is -2.03. The van der Waals surface area contributed by atoms with Gasteiger partial charge in [-0.15, -0.1) is 0 Å². The lowest BCUT2D eigenvalue weighted by atomic mass is 10.0. The molecular weight excluding hydrogens is 286 g/mol. The molecule has 0 aliphatic heterocycles. The highest BCUT2D eigenvalue weighted by molar-refractivity contribution is 6.29. The number of benzene rings is 1. The highest BCUT2D eigenvalue weighted by atomic mass is 35.5. The Morgan fingerprint density at radius 2 is 1.86 bits per heavy atom. The Balaban J connectivity index is 2.21. The molecule has 0 fully saturated rings. The number of nitrogens with zero attached hydrogens (tertiary/aromatic N) is 2. The van der Waals surface area contributed by atoms with E-state index in [-0.39, 0.29) is 5.92 Å². The molecule has 1 aromatic carbocycles. The summed E-state index contributed by atoms with van der Waals surface area (Å²) in [7, 11) is 0. The first kappa shape index (κ1) is 13.8. The third-order valence-corrected chi connectivity index (χ3v) is 3.55. The van der Waals surface area contributed by atoms with Crippen LogP contribution in [0.1, 0.15) is 25.3 Å². The molecular formula is C16H16ClN3O. The van der Waals surface area contributed by atoms with Crippen LogP contribution in [0.5, 0.6) is 0 Å². The zero-order valence-electron chi connectivity index (χ0n) is 11.9. The van der Waals surface area contributed by atoms with E-state index < -0.39 is 0 Å². The van der Waals surface area contributed by atoms with Gasteiger partial charge in [-0.1, -0.05) is 32.0 Å². The minimum absolute atomic E-state index is 0.223. The quantitative estimate of drug-likeness (QED) is 0.775. The van der Waals surface area contributed by atoms with E-state index in [2.05, 4.69) is 18.9 Å². The number of nitrogen functional groups attached to an aromatic ring is 1. The maximum Gasteiger partial charge on any atom is 0.194 e. The van der Waals surface area contributed by atoms with Gasteiger partial charge in [0, 0.05) is 5.56 Å². The number of para-hydroxylation sites is 1. The molecule has 0 saturated heterocycles. The van der Waals surface area contributed by atoms with Gasteiger partial charge in [0.15, 0.2) is 11.0 Å². The van der Waals surface area contributed by atoms with Crippen LogP contribution in [0, 0.1) is 0 Å². The van der Waals surface area contributed by atoms with E-state index in [9.17, 15) is 0 Å². The molecule has 0 atom stereocenters. The largest absolute Gasteiger partial charge is 0.443 e. The van der Waals surface area contributed by atoms with Crippen LogP contribution < -0.4 is 5.73 Å². The maximum atomic E-state index is 6.31. The number of hydrogen-bond acceptors (Lipinski definition) is 3. The van der Waals surface area contributed by atoms with Crippen LogP contribution in [0.25, 0.3) is 17.1 Å². The summed E-state index contributed by atoms with van der Waals surface area (Å²) in [5.74, 6) is 1.48. The second-order valence-electron chi connectivity index (χ2n) is 5.15. The van der Waals surface area contributed by atoms with Gasteiger partial charge in [0.05, 0.1) is 5.69 Å². The second-order valence-corrected chi connectivity index (χ2v) is 5.53. The molecule has 0 aliphatic rings. The van der Waals surface area contributed by atoms with Crippen molar-refractivity contribution in [3.8, 4) is 17.1 Å². The van der Waals surface area contributed by atoms with Gasteiger partial charge >= 0.3 is 0 Å². The molecule has 2 aromatic heterocycles. The molecule has 5 heteroatoms. The van der Waals surface area contributed by atoms with Gasteiger partial charge in [0.25, 0.3) is 0 Å². The summed E-state index contributed by atoms with van der Waals surface area (Å²) < 4.78 is 7.24.